The Balaban J connectivity index is 1.70. The van der Waals surface area contributed by atoms with Crippen LogP contribution in [0.5, 0.6) is 0 Å². The molecule has 8 heteroatoms. The van der Waals surface area contributed by atoms with Gasteiger partial charge in [0.05, 0.1) is 17.6 Å². The number of halogens is 1. The van der Waals surface area contributed by atoms with E-state index in [0.29, 0.717) is 38.7 Å². The van der Waals surface area contributed by atoms with Gasteiger partial charge in [-0.15, -0.1) is 0 Å². The number of benzene rings is 3. The highest BCUT2D eigenvalue weighted by Gasteiger charge is 2.19. The van der Waals surface area contributed by atoms with Crippen molar-refractivity contribution in [2.24, 2.45) is 0 Å². The lowest BCUT2D eigenvalue weighted by Gasteiger charge is -2.14. The molecule has 0 atom stereocenters. The van der Waals surface area contributed by atoms with Crippen molar-refractivity contribution in [3.63, 3.8) is 0 Å². The van der Waals surface area contributed by atoms with Gasteiger partial charge in [0.25, 0.3) is 5.56 Å². The Kier molecular flexibility index (Phi) is 6.23. The third kappa shape index (κ3) is 4.44. The van der Waals surface area contributed by atoms with E-state index < -0.39 is 0 Å². The first kappa shape index (κ1) is 23.3. The molecule has 0 aliphatic heterocycles. The quantitative estimate of drug-likeness (QED) is 0.240. The van der Waals surface area contributed by atoms with Crippen LogP contribution in [0.4, 0.5) is 0 Å². The van der Waals surface area contributed by atoms with Gasteiger partial charge in [0, 0.05) is 42.5 Å². The molecule has 0 saturated carbocycles. The molecule has 2 heterocycles. The van der Waals surface area contributed by atoms with Crippen molar-refractivity contribution in [1.29, 1.82) is 0 Å². The zero-order valence-electron chi connectivity index (χ0n) is 19.7. The zero-order chi connectivity index (χ0) is 25.2. The van der Waals surface area contributed by atoms with Crippen LogP contribution >= 0.6 is 11.6 Å². The maximum Gasteiger partial charge on any atom is 0.269 e. The molecular weight excluding hydrogens is 474 g/mol. The third-order valence-electron chi connectivity index (χ3n) is 5.64. The molecule has 5 aromatic rings. The van der Waals surface area contributed by atoms with E-state index >= 15 is 0 Å². The molecule has 0 bridgehead atoms. The molecule has 0 aliphatic rings. The monoisotopic (exact) mass is 495 g/mol. The predicted molar refractivity (Wildman–Crippen MR) is 142 cm³/mol. The van der Waals surface area contributed by atoms with Gasteiger partial charge in [-0.3, -0.25) is 14.2 Å². The van der Waals surface area contributed by atoms with Crippen LogP contribution in [0.15, 0.2) is 102 Å². The van der Waals surface area contributed by atoms with Gasteiger partial charge < -0.3 is 4.90 Å². The molecule has 0 unspecified atom stereocenters. The van der Waals surface area contributed by atoms with Crippen molar-refractivity contribution in [1.82, 2.24) is 24.2 Å². The van der Waals surface area contributed by atoms with E-state index in [1.165, 1.54) is 12.3 Å². The Labute approximate surface area is 212 Å². The molecule has 0 spiro atoms. The highest BCUT2D eigenvalue weighted by molar-refractivity contribution is 6.30. The van der Waals surface area contributed by atoms with Gasteiger partial charge in [-0.05, 0) is 36.4 Å². The van der Waals surface area contributed by atoms with Crippen molar-refractivity contribution in [2.75, 3.05) is 14.1 Å². The molecule has 5 rings (SSSR count). The van der Waals surface area contributed by atoms with Gasteiger partial charge in [0.15, 0.2) is 11.4 Å². The zero-order valence-corrected chi connectivity index (χ0v) is 20.4. The molecule has 0 aliphatic carbocycles. The molecule has 36 heavy (non-hydrogen) atoms. The van der Waals surface area contributed by atoms with Crippen LogP contribution < -0.4 is 5.56 Å². The summed E-state index contributed by atoms with van der Waals surface area (Å²) in [7, 11) is 3.70. The Morgan fingerprint density at radius 2 is 1.61 bits per heavy atom. The summed E-state index contributed by atoms with van der Waals surface area (Å²) < 4.78 is 3.19. The lowest BCUT2D eigenvalue weighted by molar-refractivity contribution is 0.104. The number of allylic oxidation sites excluding steroid dienone is 1. The van der Waals surface area contributed by atoms with Gasteiger partial charge in [-0.25, -0.2) is 9.67 Å². The van der Waals surface area contributed by atoms with Crippen molar-refractivity contribution in [3.8, 4) is 22.8 Å². The lowest BCUT2D eigenvalue weighted by Crippen LogP contribution is -2.22. The topological polar surface area (TPSA) is 73.0 Å². The number of para-hydroxylation sites is 1. The van der Waals surface area contributed by atoms with Crippen LogP contribution in [0.3, 0.4) is 0 Å². The SMILES string of the molecule is CN(C)/C=C/C(=O)c1ccc(-c2nc3c(cnn3-c3ccccc3)c(=O)n2-c2ccc(Cl)cc2)cc1. The van der Waals surface area contributed by atoms with E-state index in [4.69, 9.17) is 16.6 Å². The summed E-state index contributed by atoms with van der Waals surface area (Å²) in [6.45, 7) is 0. The molecule has 2 aromatic heterocycles. The van der Waals surface area contributed by atoms with E-state index in [1.54, 1.807) is 68.9 Å². The van der Waals surface area contributed by atoms with E-state index in [0.717, 1.165) is 5.69 Å². The number of carbonyl (C=O) groups is 1. The van der Waals surface area contributed by atoms with E-state index in [1.807, 2.05) is 44.4 Å². The van der Waals surface area contributed by atoms with Gasteiger partial charge in [-0.2, -0.15) is 5.10 Å². The summed E-state index contributed by atoms with van der Waals surface area (Å²) in [5.41, 5.74) is 2.82. The van der Waals surface area contributed by atoms with Crippen LogP contribution in [0.2, 0.25) is 5.02 Å². The minimum Gasteiger partial charge on any atom is -0.383 e. The number of hydrogen-bond donors (Lipinski definition) is 0. The van der Waals surface area contributed by atoms with Gasteiger partial charge in [-0.1, -0.05) is 54.1 Å². The smallest absolute Gasteiger partial charge is 0.269 e. The molecule has 0 saturated heterocycles. The first-order valence-corrected chi connectivity index (χ1v) is 11.6. The average molecular weight is 496 g/mol. The molecule has 0 radical (unpaired) electrons. The molecule has 178 valence electrons. The van der Waals surface area contributed by atoms with Crippen LogP contribution in [0.1, 0.15) is 10.4 Å². The Hall–Kier alpha value is -4.49. The van der Waals surface area contributed by atoms with Gasteiger partial charge >= 0.3 is 0 Å². The van der Waals surface area contributed by atoms with Crippen LogP contribution in [0, 0.1) is 0 Å². The van der Waals surface area contributed by atoms with E-state index in [-0.39, 0.29) is 11.3 Å². The fourth-order valence-corrected chi connectivity index (χ4v) is 3.97. The number of fused-ring (bicyclic) bond motifs is 1. The summed E-state index contributed by atoms with van der Waals surface area (Å²) >= 11 is 6.10. The molecule has 0 amide bonds. The Bertz CT molecular complexity index is 1630. The summed E-state index contributed by atoms with van der Waals surface area (Å²) in [6.07, 6.45) is 4.75. The van der Waals surface area contributed by atoms with Crippen molar-refractivity contribution in [2.45, 2.75) is 0 Å². The number of carbonyl (C=O) groups excluding carboxylic acids is 1. The maximum atomic E-state index is 13.7. The highest BCUT2D eigenvalue weighted by atomic mass is 35.5. The van der Waals surface area contributed by atoms with E-state index in [2.05, 4.69) is 5.10 Å². The molecule has 7 nitrogen and oxygen atoms in total. The predicted octanol–water partition coefficient (Wildman–Crippen LogP) is 5.15. The number of nitrogens with zero attached hydrogens (tertiary/aromatic N) is 5. The molecule has 0 N–H and O–H groups in total. The second kappa shape index (κ2) is 9.64. The molecule has 0 fully saturated rings. The highest BCUT2D eigenvalue weighted by Crippen LogP contribution is 2.25. The fraction of sp³-hybridized carbons (Fsp3) is 0.0714. The second-order valence-corrected chi connectivity index (χ2v) is 8.84. The normalized spacial score (nSPS) is 11.3. The van der Waals surface area contributed by atoms with Gasteiger partial charge in [0.2, 0.25) is 0 Å². The first-order valence-electron chi connectivity index (χ1n) is 11.2. The summed E-state index contributed by atoms with van der Waals surface area (Å²) in [4.78, 5) is 32.9. The Morgan fingerprint density at radius 1 is 0.917 bits per heavy atom. The number of rotatable bonds is 6. The van der Waals surface area contributed by atoms with Crippen molar-refractivity contribution in [3.05, 3.63) is 118 Å². The van der Waals surface area contributed by atoms with Gasteiger partial charge in [0.1, 0.15) is 11.2 Å². The van der Waals surface area contributed by atoms with Crippen LogP contribution in [-0.2, 0) is 0 Å². The minimum absolute atomic E-state index is 0.115. The molecular formula is C28H22ClN5O2. The number of hydrogen-bond acceptors (Lipinski definition) is 5. The van der Waals surface area contributed by atoms with E-state index in [9.17, 15) is 9.59 Å². The number of ketones is 1. The lowest BCUT2D eigenvalue weighted by atomic mass is 10.1. The summed E-state index contributed by atoms with van der Waals surface area (Å²) in [5.74, 6) is 0.311. The summed E-state index contributed by atoms with van der Waals surface area (Å²) in [6, 6.07) is 23.6. The van der Waals surface area contributed by atoms with Crippen molar-refractivity contribution >= 4 is 28.4 Å². The van der Waals surface area contributed by atoms with Crippen LogP contribution in [-0.4, -0.2) is 44.1 Å². The second-order valence-electron chi connectivity index (χ2n) is 8.40. The third-order valence-corrected chi connectivity index (χ3v) is 5.89. The van der Waals surface area contributed by atoms with Crippen LogP contribution in [0.25, 0.3) is 33.8 Å². The summed E-state index contributed by atoms with van der Waals surface area (Å²) in [5, 5.41) is 5.40. The standard InChI is InChI=1S/C28H22ClN5O2/c1-32(2)17-16-25(35)19-8-10-20(11-9-19)26-31-27-24(18-30-34(27)23-6-4-3-5-7-23)28(36)33(26)22-14-12-21(29)13-15-22/h3-18H,1-2H3/b17-16+. The molecule has 3 aromatic carbocycles. The largest absolute Gasteiger partial charge is 0.383 e. The fourth-order valence-electron chi connectivity index (χ4n) is 3.85. The first-order chi connectivity index (χ1) is 17.4. The number of aromatic nitrogens is 4. The van der Waals surface area contributed by atoms with Crippen molar-refractivity contribution < 1.29 is 4.79 Å². The minimum atomic E-state index is -0.256. The Morgan fingerprint density at radius 3 is 2.28 bits per heavy atom. The average Bonchev–Trinajstić information content (AvgIpc) is 3.33. The maximum absolute atomic E-state index is 13.7.